The van der Waals surface area contributed by atoms with Crippen molar-refractivity contribution >= 4 is 5.91 Å². The molecule has 4 nitrogen and oxygen atoms in total. The van der Waals surface area contributed by atoms with Gasteiger partial charge in [0.25, 0.3) is 0 Å². The van der Waals surface area contributed by atoms with E-state index in [0.717, 1.165) is 0 Å². The second-order valence-electron chi connectivity index (χ2n) is 5.94. The van der Waals surface area contributed by atoms with Crippen molar-refractivity contribution in [3.8, 4) is 11.8 Å². The lowest BCUT2D eigenvalue weighted by atomic mass is 10.1. The summed E-state index contributed by atoms with van der Waals surface area (Å²) >= 11 is 0. The van der Waals surface area contributed by atoms with Crippen molar-refractivity contribution in [2.45, 2.75) is 32.5 Å². The Morgan fingerprint density at radius 1 is 1.46 bits per heavy atom. The highest BCUT2D eigenvalue weighted by Gasteiger charge is 2.47. The molecular weight excluding hydrogens is 321 g/mol. The Morgan fingerprint density at radius 3 is 2.71 bits per heavy atom. The van der Waals surface area contributed by atoms with Gasteiger partial charge in [-0.3, -0.25) is 4.79 Å². The highest BCUT2D eigenvalue weighted by Crippen LogP contribution is 2.51. The molecule has 1 amide bonds. The average molecular weight is 340 g/mol. The summed E-state index contributed by atoms with van der Waals surface area (Å²) in [6.07, 6.45) is -4.27. The van der Waals surface area contributed by atoms with Crippen LogP contribution in [0.3, 0.4) is 0 Å². The first-order valence-corrected chi connectivity index (χ1v) is 7.79. The number of carbonyl (C=O) groups excluding carboxylic acids is 1. The summed E-state index contributed by atoms with van der Waals surface area (Å²) in [5.41, 5.74) is 0.401. The van der Waals surface area contributed by atoms with E-state index in [-0.39, 0.29) is 29.4 Å². The lowest BCUT2D eigenvalue weighted by Crippen LogP contribution is -2.35. The molecule has 1 aromatic rings. The lowest BCUT2D eigenvalue weighted by Gasteiger charge is -2.22. The van der Waals surface area contributed by atoms with Gasteiger partial charge < -0.3 is 9.64 Å². The van der Waals surface area contributed by atoms with E-state index in [1.807, 2.05) is 6.92 Å². The van der Waals surface area contributed by atoms with Crippen LogP contribution < -0.4 is 4.74 Å². The molecule has 0 aliphatic heterocycles. The summed E-state index contributed by atoms with van der Waals surface area (Å²) < 4.78 is 41.6. The van der Waals surface area contributed by atoms with Crippen molar-refractivity contribution in [1.29, 1.82) is 5.26 Å². The van der Waals surface area contributed by atoms with Crippen molar-refractivity contribution in [1.82, 2.24) is 4.90 Å². The molecule has 0 bridgehead atoms. The summed E-state index contributed by atoms with van der Waals surface area (Å²) in [6, 6.07) is 8.01. The molecule has 1 saturated carbocycles. The Hall–Kier alpha value is -2.23. The molecule has 0 unspecified atom stereocenters. The summed E-state index contributed by atoms with van der Waals surface area (Å²) in [4.78, 5) is 14.1. The number of alkyl halides is 3. The molecule has 3 atom stereocenters. The second kappa shape index (κ2) is 7.12. The Labute approximate surface area is 138 Å². The molecule has 0 N–H and O–H groups in total. The smallest absolute Gasteiger partial charge is 0.405 e. The minimum atomic E-state index is -4.76. The van der Waals surface area contributed by atoms with E-state index >= 15 is 0 Å². The van der Waals surface area contributed by atoms with Crippen LogP contribution in [0.25, 0.3) is 0 Å². The molecule has 7 heteroatoms. The number of hydrogen-bond acceptors (Lipinski definition) is 3. The molecule has 1 aliphatic carbocycles. The zero-order valence-electron chi connectivity index (χ0n) is 13.5. The second-order valence-corrected chi connectivity index (χ2v) is 5.94. The van der Waals surface area contributed by atoms with Gasteiger partial charge in [0.2, 0.25) is 5.91 Å². The fraction of sp³-hybridized carbons (Fsp3) is 0.529. The van der Waals surface area contributed by atoms with Crippen molar-refractivity contribution in [2.75, 3.05) is 13.1 Å². The summed E-state index contributed by atoms with van der Waals surface area (Å²) in [5.74, 6) is -1.28. The van der Waals surface area contributed by atoms with E-state index in [1.165, 1.54) is 12.1 Å². The van der Waals surface area contributed by atoms with Crippen LogP contribution in [0.2, 0.25) is 0 Å². The van der Waals surface area contributed by atoms with Crippen molar-refractivity contribution in [3.05, 3.63) is 29.8 Å². The van der Waals surface area contributed by atoms with E-state index < -0.39 is 6.36 Å². The molecule has 0 heterocycles. The molecular formula is C17H19F3N2O2. The number of para-hydroxylation sites is 1. The van der Waals surface area contributed by atoms with Crippen LogP contribution in [0.15, 0.2) is 24.3 Å². The zero-order chi connectivity index (χ0) is 17.9. The standard InChI is InChI=1S/C17H19F3N2O2/c1-3-22(10-11(2)9-21)16(23)14-8-13(14)12-6-4-5-7-15(12)24-17(18,19)20/h4-7,11,13-14H,3,8,10H2,1-2H3/t11-,13+,14+/m0/s1. The van der Waals surface area contributed by atoms with Gasteiger partial charge in [0.15, 0.2) is 0 Å². The number of carbonyl (C=O) groups is 1. The minimum Gasteiger partial charge on any atom is -0.405 e. The molecule has 1 aromatic carbocycles. The van der Waals surface area contributed by atoms with Crippen LogP contribution in [0, 0.1) is 23.2 Å². The SMILES string of the molecule is CCN(C[C@@H](C)C#N)C(=O)[C@@H]1C[C@@H]1c1ccccc1OC(F)(F)F. The molecule has 1 fully saturated rings. The molecule has 24 heavy (non-hydrogen) atoms. The Bertz CT molecular complexity index is 639. The summed E-state index contributed by atoms with van der Waals surface area (Å²) in [7, 11) is 0. The van der Waals surface area contributed by atoms with Crippen LogP contribution in [-0.4, -0.2) is 30.3 Å². The van der Waals surface area contributed by atoms with Gasteiger partial charge in [-0.25, -0.2) is 0 Å². The van der Waals surface area contributed by atoms with Crippen LogP contribution in [-0.2, 0) is 4.79 Å². The maximum Gasteiger partial charge on any atom is 0.573 e. The number of nitrogens with zero attached hydrogens (tertiary/aromatic N) is 2. The highest BCUT2D eigenvalue weighted by molar-refractivity contribution is 5.83. The number of ether oxygens (including phenoxy) is 1. The number of rotatable bonds is 6. The van der Waals surface area contributed by atoms with Gasteiger partial charge in [0.05, 0.1) is 12.0 Å². The van der Waals surface area contributed by atoms with Gasteiger partial charge in [0, 0.05) is 19.0 Å². The Balaban J connectivity index is 2.10. The zero-order valence-corrected chi connectivity index (χ0v) is 13.5. The predicted octanol–water partition coefficient (Wildman–Crippen LogP) is 3.70. The minimum absolute atomic E-state index is 0.119. The number of amides is 1. The molecule has 0 aromatic heterocycles. The van der Waals surface area contributed by atoms with E-state index in [2.05, 4.69) is 10.8 Å². The first kappa shape index (κ1) is 18.1. The maximum absolute atomic E-state index is 12.5. The topological polar surface area (TPSA) is 53.3 Å². The molecule has 0 spiro atoms. The molecule has 0 radical (unpaired) electrons. The molecule has 0 saturated heterocycles. The Kier molecular flexibility index (Phi) is 5.37. The third-order valence-electron chi connectivity index (χ3n) is 4.06. The van der Waals surface area contributed by atoms with Crippen LogP contribution in [0.1, 0.15) is 31.7 Å². The van der Waals surface area contributed by atoms with E-state index in [9.17, 15) is 18.0 Å². The first-order chi connectivity index (χ1) is 11.3. The van der Waals surface area contributed by atoms with Gasteiger partial charge in [-0.2, -0.15) is 5.26 Å². The maximum atomic E-state index is 12.5. The summed E-state index contributed by atoms with van der Waals surface area (Å²) in [5, 5.41) is 8.88. The Morgan fingerprint density at radius 2 is 2.12 bits per heavy atom. The van der Waals surface area contributed by atoms with Gasteiger partial charge in [-0.05, 0) is 37.8 Å². The molecule has 130 valence electrons. The highest BCUT2D eigenvalue weighted by atomic mass is 19.4. The van der Waals surface area contributed by atoms with Gasteiger partial charge in [-0.15, -0.1) is 13.2 Å². The quantitative estimate of drug-likeness (QED) is 0.793. The van der Waals surface area contributed by atoms with Crippen molar-refractivity contribution < 1.29 is 22.7 Å². The third kappa shape index (κ3) is 4.40. The third-order valence-corrected chi connectivity index (χ3v) is 4.06. The van der Waals surface area contributed by atoms with Crippen molar-refractivity contribution in [2.24, 2.45) is 11.8 Å². The van der Waals surface area contributed by atoms with Crippen LogP contribution >= 0.6 is 0 Å². The monoisotopic (exact) mass is 340 g/mol. The van der Waals surface area contributed by atoms with Crippen molar-refractivity contribution in [3.63, 3.8) is 0 Å². The lowest BCUT2D eigenvalue weighted by molar-refractivity contribution is -0.274. The summed E-state index contributed by atoms with van der Waals surface area (Å²) in [6.45, 7) is 4.34. The van der Waals surface area contributed by atoms with E-state index in [1.54, 1.807) is 24.0 Å². The van der Waals surface area contributed by atoms with Crippen LogP contribution in [0.5, 0.6) is 5.75 Å². The fourth-order valence-electron chi connectivity index (χ4n) is 2.80. The first-order valence-electron chi connectivity index (χ1n) is 7.79. The van der Waals surface area contributed by atoms with Gasteiger partial charge in [-0.1, -0.05) is 18.2 Å². The fourth-order valence-corrected chi connectivity index (χ4v) is 2.80. The predicted molar refractivity (Wildman–Crippen MR) is 81.0 cm³/mol. The van der Waals surface area contributed by atoms with E-state index in [4.69, 9.17) is 5.26 Å². The van der Waals surface area contributed by atoms with E-state index in [0.29, 0.717) is 25.1 Å². The number of nitriles is 1. The van der Waals surface area contributed by atoms with Gasteiger partial charge in [0.1, 0.15) is 5.75 Å². The normalized spacial score (nSPS) is 20.8. The average Bonchev–Trinajstić information content (AvgIpc) is 3.31. The molecule has 1 aliphatic rings. The van der Waals surface area contributed by atoms with Gasteiger partial charge >= 0.3 is 6.36 Å². The number of hydrogen-bond donors (Lipinski definition) is 0. The van der Waals surface area contributed by atoms with Crippen LogP contribution in [0.4, 0.5) is 13.2 Å². The number of halogens is 3. The molecule has 2 rings (SSSR count). The number of benzene rings is 1. The largest absolute Gasteiger partial charge is 0.573 e.